The molecule has 4 rings (SSSR count). The number of fused-ring (bicyclic) bond motifs is 1. The third kappa shape index (κ3) is 6.66. The Hall–Kier alpha value is -3.16. The molecule has 1 unspecified atom stereocenters. The van der Waals surface area contributed by atoms with Gasteiger partial charge in [-0.1, -0.05) is 48.5 Å². The molecule has 1 saturated heterocycles. The lowest BCUT2D eigenvalue weighted by Crippen LogP contribution is -2.38. The number of hydrogen-bond acceptors (Lipinski definition) is 5. The average Bonchev–Trinajstić information content (AvgIpc) is 3.13. The molecule has 0 amide bonds. The summed E-state index contributed by atoms with van der Waals surface area (Å²) in [6.45, 7) is 9.69. The van der Waals surface area contributed by atoms with Crippen molar-refractivity contribution in [1.82, 2.24) is 4.90 Å². The fraction of sp³-hybridized carbons (Fsp3) is 0.385. The molecule has 2 aliphatic rings. The molecule has 2 aromatic rings. The second kappa shape index (κ2) is 11.6. The number of morpholine rings is 1. The highest BCUT2D eigenvalue weighted by atomic mass is 16.5. The van der Waals surface area contributed by atoms with E-state index in [2.05, 4.69) is 71.3 Å². The molecular formula is C26H32N2O5. The quantitative estimate of drug-likeness (QED) is 0.623. The van der Waals surface area contributed by atoms with Crippen molar-refractivity contribution < 1.29 is 24.5 Å². The summed E-state index contributed by atoms with van der Waals surface area (Å²) in [7, 11) is 0. The van der Waals surface area contributed by atoms with Crippen LogP contribution in [-0.4, -0.2) is 73.0 Å². The van der Waals surface area contributed by atoms with E-state index in [0.29, 0.717) is 12.2 Å². The molecule has 0 spiro atoms. The van der Waals surface area contributed by atoms with Gasteiger partial charge in [-0.25, -0.2) is 9.59 Å². The van der Waals surface area contributed by atoms with Gasteiger partial charge in [-0.2, -0.15) is 0 Å². The van der Waals surface area contributed by atoms with E-state index in [4.69, 9.17) is 14.9 Å². The Morgan fingerprint density at radius 1 is 0.939 bits per heavy atom. The topological polar surface area (TPSA) is 90.3 Å². The van der Waals surface area contributed by atoms with Gasteiger partial charge in [0, 0.05) is 56.0 Å². The van der Waals surface area contributed by atoms with Crippen LogP contribution in [0.25, 0.3) is 0 Å². The standard InChI is InChI=1S/C22H28N2O.C4H4O4/c1-22(19-8-3-2-4-9-19)18-24(21-11-6-5-10-20(21)22)13-7-12-23-14-16-25-17-15-23;5-3(6)1-2-4(7)8/h2-6,8-11H,7,12-18H2,1H3;1-2H,(H,5,6)(H,7,8)/b;2-1-. The van der Waals surface area contributed by atoms with Crippen molar-refractivity contribution in [2.75, 3.05) is 50.8 Å². The van der Waals surface area contributed by atoms with E-state index in [-0.39, 0.29) is 5.41 Å². The van der Waals surface area contributed by atoms with E-state index in [0.717, 1.165) is 39.4 Å². The van der Waals surface area contributed by atoms with Gasteiger partial charge in [0.05, 0.1) is 13.2 Å². The lowest BCUT2D eigenvalue weighted by Gasteiger charge is -2.29. The summed E-state index contributed by atoms with van der Waals surface area (Å²) in [5.41, 5.74) is 4.37. The van der Waals surface area contributed by atoms with Crippen LogP contribution in [0, 0.1) is 0 Å². The molecule has 7 heteroatoms. The first-order valence-corrected chi connectivity index (χ1v) is 11.2. The summed E-state index contributed by atoms with van der Waals surface area (Å²) < 4.78 is 5.45. The van der Waals surface area contributed by atoms with Crippen LogP contribution in [0.5, 0.6) is 0 Å². The zero-order valence-electron chi connectivity index (χ0n) is 19.0. The molecule has 1 fully saturated rings. The van der Waals surface area contributed by atoms with Crippen molar-refractivity contribution >= 4 is 17.6 Å². The maximum absolute atomic E-state index is 9.55. The van der Waals surface area contributed by atoms with E-state index in [1.54, 1.807) is 0 Å². The first kappa shape index (κ1) is 24.5. The number of ether oxygens (including phenoxy) is 1. The van der Waals surface area contributed by atoms with Crippen LogP contribution in [0.1, 0.15) is 24.5 Å². The first-order chi connectivity index (χ1) is 15.9. The van der Waals surface area contributed by atoms with Gasteiger partial charge in [-0.05, 0) is 30.5 Å². The van der Waals surface area contributed by atoms with E-state index in [9.17, 15) is 9.59 Å². The average molecular weight is 453 g/mol. The molecule has 0 radical (unpaired) electrons. The van der Waals surface area contributed by atoms with Crippen LogP contribution in [0.15, 0.2) is 66.7 Å². The van der Waals surface area contributed by atoms with Crippen molar-refractivity contribution in [3.63, 3.8) is 0 Å². The largest absolute Gasteiger partial charge is 0.478 e. The monoisotopic (exact) mass is 452 g/mol. The number of carbonyl (C=O) groups is 2. The number of carboxylic acid groups (broad SMARTS) is 2. The number of aliphatic carboxylic acids is 2. The van der Waals surface area contributed by atoms with Gasteiger partial charge in [0.1, 0.15) is 0 Å². The Balaban J connectivity index is 0.000000331. The lowest BCUT2D eigenvalue weighted by molar-refractivity contribution is -0.134. The molecule has 0 aromatic heterocycles. The Bertz CT molecular complexity index is 940. The molecule has 176 valence electrons. The molecule has 33 heavy (non-hydrogen) atoms. The molecule has 0 bridgehead atoms. The molecule has 0 saturated carbocycles. The highest BCUT2D eigenvalue weighted by molar-refractivity contribution is 5.89. The van der Waals surface area contributed by atoms with Gasteiger partial charge in [0.2, 0.25) is 0 Å². The zero-order valence-corrected chi connectivity index (χ0v) is 19.0. The van der Waals surface area contributed by atoms with Gasteiger partial charge < -0.3 is 19.8 Å². The number of rotatable bonds is 7. The third-order valence-electron chi connectivity index (χ3n) is 6.13. The smallest absolute Gasteiger partial charge is 0.328 e. The van der Waals surface area contributed by atoms with Crippen LogP contribution in [-0.2, 0) is 19.7 Å². The maximum Gasteiger partial charge on any atom is 0.328 e. The molecule has 2 aliphatic heterocycles. The Kier molecular flexibility index (Phi) is 8.63. The minimum atomic E-state index is -1.26. The molecule has 2 N–H and O–H groups in total. The molecular weight excluding hydrogens is 420 g/mol. The predicted molar refractivity (Wildman–Crippen MR) is 128 cm³/mol. The normalized spacial score (nSPS) is 20.2. The highest BCUT2D eigenvalue weighted by Gasteiger charge is 2.39. The van der Waals surface area contributed by atoms with Gasteiger partial charge in [0.15, 0.2) is 0 Å². The van der Waals surface area contributed by atoms with E-state index < -0.39 is 11.9 Å². The number of benzene rings is 2. The van der Waals surface area contributed by atoms with Gasteiger partial charge in [-0.3, -0.25) is 4.90 Å². The van der Waals surface area contributed by atoms with Crippen LogP contribution < -0.4 is 4.90 Å². The number of hydrogen-bond donors (Lipinski definition) is 2. The Morgan fingerprint density at radius 3 is 2.18 bits per heavy atom. The zero-order chi connectivity index (χ0) is 23.7. The summed E-state index contributed by atoms with van der Waals surface area (Å²) in [6, 6.07) is 19.9. The van der Waals surface area contributed by atoms with Gasteiger partial charge in [0.25, 0.3) is 0 Å². The second-order valence-electron chi connectivity index (χ2n) is 8.45. The maximum atomic E-state index is 9.55. The van der Waals surface area contributed by atoms with Crippen molar-refractivity contribution in [2.24, 2.45) is 0 Å². The SMILES string of the molecule is CC1(c2ccccc2)CN(CCCN2CCOCC2)c2ccccc21.O=C(O)/C=C\C(=O)O. The molecule has 1 atom stereocenters. The Morgan fingerprint density at radius 2 is 1.55 bits per heavy atom. The van der Waals surface area contributed by atoms with Crippen LogP contribution >= 0.6 is 0 Å². The molecule has 0 aliphatic carbocycles. The minimum Gasteiger partial charge on any atom is -0.478 e. The minimum absolute atomic E-state index is 0.0802. The van der Waals surface area contributed by atoms with Crippen LogP contribution in [0.4, 0.5) is 5.69 Å². The van der Waals surface area contributed by atoms with E-state index in [1.807, 2.05) is 0 Å². The van der Waals surface area contributed by atoms with Crippen molar-refractivity contribution in [2.45, 2.75) is 18.8 Å². The third-order valence-corrected chi connectivity index (χ3v) is 6.13. The van der Waals surface area contributed by atoms with Crippen molar-refractivity contribution in [1.29, 1.82) is 0 Å². The van der Waals surface area contributed by atoms with Crippen LogP contribution in [0.3, 0.4) is 0 Å². The van der Waals surface area contributed by atoms with Gasteiger partial charge in [-0.15, -0.1) is 0 Å². The fourth-order valence-electron chi connectivity index (χ4n) is 4.47. The summed E-state index contributed by atoms with van der Waals surface area (Å²) in [5.74, 6) is -2.51. The predicted octanol–water partition coefficient (Wildman–Crippen LogP) is 3.25. The highest BCUT2D eigenvalue weighted by Crippen LogP contribution is 2.44. The number of nitrogens with zero attached hydrogens (tertiary/aromatic N) is 2. The van der Waals surface area contributed by atoms with Gasteiger partial charge >= 0.3 is 11.9 Å². The molecule has 2 aromatic carbocycles. The number of para-hydroxylation sites is 1. The molecule has 2 heterocycles. The number of carboxylic acids is 2. The Labute approximate surface area is 194 Å². The summed E-state index contributed by atoms with van der Waals surface area (Å²) >= 11 is 0. The second-order valence-corrected chi connectivity index (χ2v) is 8.45. The first-order valence-electron chi connectivity index (χ1n) is 11.2. The lowest BCUT2D eigenvalue weighted by atomic mass is 9.78. The van der Waals surface area contributed by atoms with Crippen molar-refractivity contribution in [3.05, 3.63) is 77.9 Å². The fourth-order valence-corrected chi connectivity index (χ4v) is 4.47. The van der Waals surface area contributed by atoms with Crippen molar-refractivity contribution in [3.8, 4) is 0 Å². The summed E-state index contributed by atoms with van der Waals surface area (Å²) in [5, 5.41) is 15.6. The number of anilines is 1. The van der Waals surface area contributed by atoms with E-state index >= 15 is 0 Å². The summed E-state index contributed by atoms with van der Waals surface area (Å²) in [6.07, 6.45) is 2.32. The summed E-state index contributed by atoms with van der Waals surface area (Å²) in [4.78, 5) is 24.2. The van der Waals surface area contributed by atoms with E-state index in [1.165, 1.54) is 29.8 Å². The van der Waals surface area contributed by atoms with Crippen LogP contribution in [0.2, 0.25) is 0 Å². The molecule has 7 nitrogen and oxygen atoms in total.